The van der Waals surface area contributed by atoms with Crippen molar-refractivity contribution in [2.24, 2.45) is 0 Å². The summed E-state index contributed by atoms with van der Waals surface area (Å²) in [4.78, 5) is 10.3. The van der Waals surface area contributed by atoms with Crippen LogP contribution < -0.4 is 5.32 Å². The lowest BCUT2D eigenvalue weighted by Gasteiger charge is -2.09. The molecule has 7 heteroatoms. The maximum atomic E-state index is 10.8. The molecule has 4 nitrogen and oxygen atoms in total. The van der Waals surface area contributed by atoms with E-state index in [9.17, 15) is 10.1 Å². The lowest BCUT2D eigenvalue weighted by Crippen LogP contribution is -2.01. The highest BCUT2D eigenvalue weighted by Gasteiger charge is 2.12. The van der Waals surface area contributed by atoms with Gasteiger partial charge in [-0.1, -0.05) is 39.1 Å². The molecule has 0 radical (unpaired) electrons. The summed E-state index contributed by atoms with van der Waals surface area (Å²) in [5, 5.41) is 14.6. The first-order chi connectivity index (χ1) is 9.47. The second-order valence-electron chi connectivity index (χ2n) is 4.01. The summed E-state index contributed by atoms with van der Waals surface area (Å²) in [6.45, 7) is 0.455. The molecular weight excluding hydrogens is 367 g/mol. The van der Waals surface area contributed by atoms with Gasteiger partial charge in [-0.2, -0.15) is 0 Å². The molecule has 1 N–H and O–H groups in total. The number of rotatable bonds is 4. The first-order valence-corrected chi connectivity index (χ1v) is 7.14. The van der Waals surface area contributed by atoms with Crippen LogP contribution in [0.1, 0.15) is 5.56 Å². The van der Waals surface area contributed by atoms with Gasteiger partial charge in [-0.25, -0.2) is 0 Å². The molecule has 2 rings (SSSR count). The van der Waals surface area contributed by atoms with E-state index < -0.39 is 4.92 Å². The Kier molecular flexibility index (Phi) is 4.86. The van der Waals surface area contributed by atoms with Crippen LogP contribution in [0.15, 0.2) is 40.9 Å². The minimum Gasteiger partial charge on any atom is -0.381 e. The molecule has 0 aromatic heterocycles. The van der Waals surface area contributed by atoms with Crippen LogP contribution in [0.3, 0.4) is 0 Å². The zero-order valence-electron chi connectivity index (χ0n) is 10.1. The number of halogens is 3. The van der Waals surface area contributed by atoms with Gasteiger partial charge in [0.05, 0.1) is 4.92 Å². The lowest BCUT2D eigenvalue weighted by atomic mass is 10.2. The van der Waals surface area contributed by atoms with Crippen LogP contribution in [0.25, 0.3) is 0 Å². The van der Waals surface area contributed by atoms with Gasteiger partial charge in [0.15, 0.2) is 0 Å². The highest BCUT2D eigenvalue weighted by molar-refractivity contribution is 9.10. The molecule has 0 spiro atoms. The second kappa shape index (κ2) is 6.43. The standard InChI is InChI=1S/C13H9BrCl2N2O2/c14-9-1-3-11(15)8(5-9)7-17-10-2-4-12(16)13(6-10)18(19)20/h1-6,17H,7H2. The zero-order valence-corrected chi connectivity index (χ0v) is 13.2. The van der Waals surface area contributed by atoms with Crippen LogP contribution in [0, 0.1) is 10.1 Å². The average molecular weight is 376 g/mol. The van der Waals surface area contributed by atoms with Crippen LogP contribution in [0.4, 0.5) is 11.4 Å². The molecule has 0 bridgehead atoms. The van der Waals surface area contributed by atoms with Crippen molar-refractivity contribution in [2.75, 3.05) is 5.32 Å². The molecule has 0 aliphatic rings. The summed E-state index contributed by atoms with van der Waals surface area (Å²) >= 11 is 15.2. The summed E-state index contributed by atoms with van der Waals surface area (Å²) in [5.74, 6) is 0. The van der Waals surface area contributed by atoms with Crippen molar-refractivity contribution in [1.82, 2.24) is 0 Å². The Morgan fingerprint density at radius 1 is 1.15 bits per heavy atom. The lowest BCUT2D eigenvalue weighted by molar-refractivity contribution is -0.384. The van der Waals surface area contributed by atoms with E-state index in [1.807, 2.05) is 12.1 Å². The third kappa shape index (κ3) is 3.62. The average Bonchev–Trinajstić information content (AvgIpc) is 2.41. The Balaban J connectivity index is 2.17. The molecule has 0 unspecified atom stereocenters. The van der Waals surface area contributed by atoms with Crippen LogP contribution in [-0.2, 0) is 6.54 Å². The van der Waals surface area contributed by atoms with Crippen molar-refractivity contribution in [3.8, 4) is 0 Å². The predicted octanol–water partition coefficient (Wildman–Crippen LogP) is 5.28. The van der Waals surface area contributed by atoms with E-state index in [1.54, 1.807) is 12.1 Å². The van der Waals surface area contributed by atoms with Crippen molar-refractivity contribution in [3.05, 3.63) is 66.6 Å². The van der Waals surface area contributed by atoms with Crippen molar-refractivity contribution in [3.63, 3.8) is 0 Å². The normalized spacial score (nSPS) is 10.3. The number of hydrogen-bond acceptors (Lipinski definition) is 3. The monoisotopic (exact) mass is 374 g/mol. The molecule has 2 aromatic carbocycles. The highest BCUT2D eigenvalue weighted by Crippen LogP contribution is 2.28. The summed E-state index contributed by atoms with van der Waals surface area (Å²) in [6.07, 6.45) is 0. The van der Waals surface area contributed by atoms with Gasteiger partial charge in [-0.05, 0) is 35.9 Å². The molecule has 0 heterocycles. The molecule has 0 saturated carbocycles. The van der Waals surface area contributed by atoms with Gasteiger partial charge >= 0.3 is 0 Å². The molecule has 104 valence electrons. The number of hydrogen-bond donors (Lipinski definition) is 1. The topological polar surface area (TPSA) is 55.2 Å². The summed E-state index contributed by atoms with van der Waals surface area (Å²) < 4.78 is 0.917. The minimum absolute atomic E-state index is 0.112. The number of nitrogens with one attached hydrogen (secondary N) is 1. The quantitative estimate of drug-likeness (QED) is 0.584. The molecule has 20 heavy (non-hydrogen) atoms. The van der Waals surface area contributed by atoms with Crippen LogP contribution in [-0.4, -0.2) is 4.92 Å². The van der Waals surface area contributed by atoms with E-state index in [4.69, 9.17) is 23.2 Å². The predicted molar refractivity (Wildman–Crippen MR) is 84.6 cm³/mol. The van der Waals surface area contributed by atoms with E-state index in [0.29, 0.717) is 17.3 Å². The Morgan fingerprint density at radius 3 is 2.55 bits per heavy atom. The van der Waals surface area contributed by atoms with E-state index in [-0.39, 0.29) is 10.7 Å². The molecule has 0 aliphatic heterocycles. The van der Waals surface area contributed by atoms with Gasteiger partial charge in [-0.3, -0.25) is 10.1 Å². The molecule has 0 amide bonds. The first-order valence-electron chi connectivity index (χ1n) is 5.59. The number of anilines is 1. The fourth-order valence-electron chi connectivity index (χ4n) is 1.64. The fraction of sp³-hybridized carbons (Fsp3) is 0.0769. The van der Waals surface area contributed by atoms with E-state index in [0.717, 1.165) is 10.0 Å². The van der Waals surface area contributed by atoms with Crippen LogP contribution >= 0.6 is 39.1 Å². The van der Waals surface area contributed by atoms with Gasteiger partial charge in [0.2, 0.25) is 0 Å². The van der Waals surface area contributed by atoms with Crippen LogP contribution in [0.5, 0.6) is 0 Å². The molecular formula is C13H9BrCl2N2O2. The van der Waals surface area contributed by atoms with E-state index in [1.165, 1.54) is 12.1 Å². The first kappa shape index (κ1) is 15.1. The molecule has 0 atom stereocenters. The highest BCUT2D eigenvalue weighted by atomic mass is 79.9. The Hall–Kier alpha value is -1.30. The third-order valence-electron chi connectivity index (χ3n) is 2.63. The number of benzene rings is 2. The number of nitrogens with zero attached hydrogens (tertiary/aromatic N) is 1. The fourth-order valence-corrected chi connectivity index (χ4v) is 2.42. The second-order valence-corrected chi connectivity index (χ2v) is 5.74. The van der Waals surface area contributed by atoms with Crippen LogP contribution in [0.2, 0.25) is 10.0 Å². The van der Waals surface area contributed by atoms with Crippen molar-refractivity contribution < 1.29 is 4.92 Å². The largest absolute Gasteiger partial charge is 0.381 e. The molecule has 2 aromatic rings. The minimum atomic E-state index is -0.514. The Labute approximate surface area is 134 Å². The maximum absolute atomic E-state index is 10.8. The Bertz CT molecular complexity index is 665. The summed E-state index contributed by atoms with van der Waals surface area (Å²) in [6, 6.07) is 10.1. The van der Waals surface area contributed by atoms with Gasteiger partial charge in [0, 0.05) is 27.8 Å². The Morgan fingerprint density at radius 2 is 1.85 bits per heavy atom. The third-order valence-corrected chi connectivity index (χ3v) is 3.82. The summed E-state index contributed by atoms with van der Waals surface area (Å²) in [5.41, 5.74) is 1.37. The molecule has 0 fully saturated rings. The zero-order chi connectivity index (χ0) is 14.7. The maximum Gasteiger partial charge on any atom is 0.289 e. The number of nitro groups is 1. The van der Waals surface area contributed by atoms with Crippen molar-refractivity contribution >= 4 is 50.5 Å². The molecule has 0 saturated heterocycles. The molecule has 0 aliphatic carbocycles. The van der Waals surface area contributed by atoms with Gasteiger partial charge in [0.25, 0.3) is 5.69 Å². The van der Waals surface area contributed by atoms with Gasteiger partial charge < -0.3 is 5.32 Å². The SMILES string of the molecule is O=[N+]([O-])c1cc(NCc2cc(Br)ccc2Cl)ccc1Cl. The van der Waals surface area contributed by atoms with E-state index in [2.05, 4.69) is 21.2 Å². The number of nitro benzene ring substituents is 1. The van der Waals surface area contributed by atoms with Crippen molar-refractivity contribution in [1.29, 1.82) is 0 Å². The van der Waals surface area contributed by atoms with Crippen molar-refractivity contribution in [2.45, 2.75) is 6.54 Å². The summed E-state index contributed by atoms with van der Waals surface area (Å²) in [7, 11) is 0. The van der Waals surface area contributed by atoms with Gasteiger partial charge in [-0.15, -0.1) is 0 Å². The van der Waals surface area contributed by atoms with Gasteiger partial charge in [0.1, 0.15) is 5.02 Å². The van der Waals surface area contributed by atoms with E-state index >= 15 is 0 Å². The smallest absolute Gasteiger partial charge is 0.289 e.